The third-order valence-electron chi connectivity index (χ3n) is 4.29. The molecule has 0 aliphatic rings. The molecule has 2 rings (SSSR count). The summed E-state index contributed by atoms with van der Waals surface area (Å²) in [7, 11) is -3.42. The summed E-state index contributed by atoms with van der Waals surface area (Å²) in [5.74, 6) is 0.376. The van der Waals surface area contributed by atoms with Crippen LogP contribution in [0.1, 0.15) is 25.0 Å². The van der Waals surface area contributed by atoms with Gasteiger partial charge in [0.2, 0.25) is 10.0 Å². The van der Waals surface area contributed by atoms with E-state index in [1.54, 1.807) is 6.92 Å². The fourth-order valence-corrected chi connectivity index (χ4v) is 3.53. The van der Waals surface area contributed by atoms with Crippen molar-refractivity contribution in [2.45, 2.75) is 26.0 Å². The Kier molecular flexibility index (Phi) is 8.63. The number of hydrogen-bond donors (Lipinski definition) is 4. The van der Waals surface area contributed by atoms with Crippen molar-refractivity contribution >= 4 is 16.0 Å². The second-order valence-corrected chi connectivity index (χ2v) is 8.81. The van der Waals surface area contributed by atoms with Gasteiger partial charge >= 0.3 is 0 Å². The highest BCUT2D eigenvalue weighted by molar-refractivity contribution is 7.89. The summed E-state index contributed by atoms with van der Waals surface area (Å²) in [6.45, 7) is 4.85. The van der Waals surface area contributed by atoms with E-state index in [1.807, 2.05) is 67.6 Å². The highest BCUT2D eigenvalue weighted by atomic mass is 32.2. The first-order valence-electron chi connectivity index (χ1n) is 9.64. The summed E-state index contributed by atoms with van der Waals surface area (Å²) in [6, 6.07) is 18.7. The molecule has 1 atom stereocenters. The van der Waals surface area contributed by atoms with E-state index in [9.17, 15) is 13.5 Å². The zero-order valence-electron chi connectivity index (χ0n) is 16.9. The van der Waals surface area contributed by atoms with Gasteiger partial charge in [-0.25, -0.2) is 18.1 Å². The molecule has 2 aromatic carbocycles. The number of aliphatic imine (C=N–C) groups is 1. The molecule has 2 aromatic rings. The van der Waals surface area contributed by atoms with Crippen molar-refractivity contribution in [1.82, 2.24) is 15.4 Å². The first-order valence-corrected chi connectivity index (χ1v) is 11.3. The first-order chi connectivity index (χ1) is 13.8. The van der Waals surface area contributed by atoms with Crippen LogP contribution in [0.4, 0.5) is 0 Å². The van der Waals surface area contributed by atoms with E-state index in [0.717, 1.165) is 11.1 Å². The lowest BCUT2D eigenvalue weighted by atomic mass is 9.96. The molecule has 29 heavy (non-hydrogen) atoms. The van der Waals surface area contributed by atoms with Crippen LogP contribution in [0.3, 0.4) is 0 Å². The normalized spacial score (nSPS) is 14.2. The van der Waals surface area contributed by atoms with Crippen molar-refractivity contribution in [2.75, 3.05) is 25.4 Å². The van der Waals surface area contributed by atoms with E-state index in [-0.39, 0.29) is 25.4 Å². The largest absolute Gasteiger partial charge is 0.384 e. The maximum absolute atomic E-state index is 12.2. The maximum Gasteiger partial charge on any atom is 0.213 e. The van der Waals surface area contributed by atoms with Crippen molar-refractivity contribution in [3.8, 4) is 0 Å². The van der Waals surface area contributed by atoms with Crippen LogP contribution in [0.2, 0.25) is 0 Å². The van der Waals surface area contributed by atoms with Crippen LogP contribution < -0.4 is 15.4 Å². The van der Waals surface area contributed by atoms with E-state index < -0.39 is 15.6 Å². The quantitative estimate of drug-likeness (QED) is 0.346. The summed E-state index contributed by atoms with van der Waals surface area (Å²) < 4.78 is 27.0. The van der Waals surface area contributed by atoms with Crippen LogP contribution in [0.15, 0.2) is 65.7 Å². The lowest BCUT2D eigenvalue weighted by molar-refractivity contribution is 0.0672. The van der Waals surface area contributed by atoms with Crippen LogP contribution in [-0.2, 0) is 22.2 Å². The number of guanidine groups is 1. The molecule has 0 fully saturated rings. The molecule has 0 saturated heterocycles. The Hall–Kier alpha value is -2.42. The van der Waals surface area contributed by atoms with E-state index in [0.29, 0.717) is 12.5 Å². The van der Waals surface area contributed by atoms with E-state index >= 15 is 0 Å². The fraction of sp³-hybridized carbons (Fsp3) is 0.381. The molecule has 1 unspecified atom stereocenters. The molecule has 0 bridgehead atoms. The van der Waals surface area contributed by atoms with Gasteiger partial charge in [0.25, 0.3) is 0 Å². The fourth-order valence-electron chi connectivity index (χ4n) is 2.63. The van der Waals surface area contributed by atoms with Gasteiger partial charge in [-0.05, 0) is 25.0 Å². The van der Waals surface area contributed by atoms with Gasteiger partial charge < -0.3 is 15.7 Å². The van der Waals surface area contributed by atoms with Crippen molar-refractivity contribution in [1.29, 1.82) is 0 Å². The predicted octanol–water partition coefficient (Wildman–Crippen LogP) is 1.57. The molecule has 0 heterocycles. The monoisotopic (exact) mass is 418 g/mol. The number of sulfonamides is 1. The third-order valence-corrected chi connectivity index (χ3v) is 5.61. The van der Waals surface area contributed by atoms with Gasteiger partial charge in [0.1, 0.15) is 5.60 Å². The molecular formula is C21H30N4O3S. The van der Waals surface area contributed by atoms with E-state index in [4.69, 9.17) is 0 Å². The van der Waals surface area contributed by atoms with Gasteiger partial charge in [-0.15, -0.1) is 0 Å². The van der Waals surface area contributed by atoms with E-state index in [2.05, 4.69) is 20.3 Å². The Morgan fingerprint density at radius 2 is 1.66 bits per heavy atom. The minimum atomic E-state index is -3.42. The minimum Gasteiger partial charge on any atom is -0.384 e. The summed E-state index contributed by atoms with van der Waals surface area (Å²) in [6.07, 6.45) is 0. The Labute approximate surface area is 173 Å². The first kappa shape index (κ1) is 22.9. The Balaban J connectivity index is 1.87. The Morgan fingerprint density at radius 1 is 1.03 bits per heavy atom. The van der Waals surface area contributed by atoms with Gasteiger partial charge in [-0.1, -0.05) is 60.7 Å². The molecule has 0 radical (unpaired) electrons. The summed E-state index contributed by atoms with van der Waals surface area (Å²) in [5, 5.41) is 16.7. The van der Waals surface area contributed by atoms with Gasteiger partial charge in [-0.2, -0.15) is 0 Å². The number of hydrogen-bond acceptors (Lipinski definition) is 4. The van der Waals surface area contributed by atoms with Crippen molar-refractivity contribution in [3.63, 3.8) is 0 Å². The summed E-state index contributed by atoms with van der Waals surface area (Å²) in [5.41, 5.74) is 0.557. The lowest BCUT2D eigenvalue weighted by Gasteiger charge is -2.22. The highest BCUT2D eigenvalue weighted by Crippen LogP contribution is 2.20. The zero-order valence-corrected chi connectivity index (χ0v) is 17.7. The molecule has 0 aromatic heterocycles. The van der Waals surface area contributed by atoms with Crippen LogP contribution >= 0.6 is 0 Å². The molecule has 8 heteroatoms. The van der Waals surface area contributed by atoms with Gasteiger partial charge in [0.05, 0.1) is 12.3 Å². The van der Waals surface area contributed by atoms with Crippen molar-refractivity contribution in [3.05, 3.63) is 71.8 Å². The molecule has 0 spiro atoms. The van der Waals surface area contributed by atoms with Crippen LogP contribution in [0.25, 0.3) is 0 Å². The number of benzene rings is 2. The molecule has 158 valence electrons. The molecule has 0 saturated carbocycles. The number of nitrogens with zero attached hydrogens (tertiary/aromatic N) is 1. The number of aliphatic hydroxyl groups is 1. The molecule has 0 amide bonds. The van der Waals surface area contributed by atoms with Gasteiger partial charge in [0.15, 0.2) is 5.96 Å². The standard InChI is InChI=1S/C21H30N4O3S/c1-3-22-20(24-17-21(2,26)19-12-8-5-9-13-19)23-14-15-29(27,28)25-16-18-10-6-4-7-11-18/h4-13,25-26H,3,14-17H2,1-2H3,(H2,22,23,24). The van der Waals surface area contributed by atoms with Crippen LogP contribution in [0.5, 0.6) is 0 Å². The lowest BCUT2D eigenvalue weighted by Crippen LogP contribution is -2.42. The average Bonchev–Trinajstić information content (AvgIpc) is 2.72. The number of nitrogens with one attached hydrogen (secondary N) is 3. The maximum atomic E-state index is 12.2. The highest BCUT2D eigenvalue weighted by Gasteiger charge is 2.22. The molecule has 0 aliphatic heterocycles. The molecular weight excluding hydrogens is 388 g/mol. The van der Waals surface area contributed by atoms with Crippen molar-refractivity contribution in [2.24, 2.45) is 4.99 Å². The minimum absolute atomic E-state index is 0.0840. The van der Waals surface area contributed by atoms with Crippen molar-refractivity contribution < 1.29 is 13.5 Å². The van der Waals surface area contributed by atoms with Gasteiger partial charge in [-0.3, -0.25) is 0 Å². The third kappa shape index (κ3) is 8.23. The topological polar surface area (TPSA) is 103 Å². The number of rotatable bonds is 10. The SMILES string of the molecule is CCNC(=NCC(C)(O)c1ccccc1)NCCS(=O)(=O)NCc1ccccc1. The Morgan fingerprint density at radius 3 is 2.28 bits per heavy atom. The summed E-state index contributed by atoms with van der Waals surface area (Å²) in [4.78, 5) is 4.40. The smallest absolute Gasteiger partial charge is 0.213 e. The molecule has 4 N–H and O–H groups in total. The average molecular weight is 419 g/mol. The van der Waals surface area contributed by atoms with E-state index in [1.165, 1.54) is 0 Å². The van der Waals surface area contributed by atoms with Gasteiger partial charge in [0, 0.05) is 19.6 Å². The predicted molar refractivity (Wildman–Crippen MR) is 117 cm³/mol. The second kappa shape index (κ2) is 10.9. The Bertz CT molecular complexity index is 869. The van der Waals surface area contributed by atoms with Crippen LogP contribution in [0, 0.1) is 0 Å². The summed E-state index contributed by atoms with van der Waals surface area (Å²) >= 11 is 0. The zero-order chi connectivity index (χ0) is 21.2. The molecule has 7 nitrogen and oxygen atoms in total. The van der Waals surface area contributed by atoms with Crippen LogP contribution in [-0.4, -0.2) is 44.9 Å². The molecule has 0 aliphatic carbocycles. The second-order valence-electron chi connectivity index (χ2n) is 6.89.